The van der Waals surface area contributed by atoms with Gasteiger partial charge in [-0.3, -0.25) is 4.79 Å². The Morgan fingerprint density at radius 2 is 1.73 bits per heavy atom. The highest BCUT2D eigenvalue weighted by Gasteiger charge is 2.27. The Labute approximate surface area is 67.0 Å². The van der Waals surface area contributed by atoms with E-state index in [0.717, 1.165) is 6.04 Å². The summed E-state index contributed by atoms with van der Waals surface area (Å²) in [5.41, 5.74) is 0. The van der Waals surface area contributed by atoms with E-state index in [-0.39, 0.29) is 6.47 Å². The number of carbonyl (C=O) groups is 1. The average Bonchev–Trinajstić information content (AvgIpc) is 2.44. The number of carboxylic acid groups (broad SMARTS) is 1. The quantitative estimate of drug-likeness (QED) is 0.532. The largest absolute Gasteiger partial charge is 0.483 e. The van der Waals surface area contributed by atoms with Gasteiger partial charge in [0.25, 0.3) is 6.47 Å². The van der Waals surface area contributed by atoms with Crippen molar-refractivity contribution in [3.8, 4) is 0 Å². The molecule has 2 aliphatic heterocycles. The molecule has 0 amide bonds. The molecule has 0 saturated carbocycles. The summed E-state index contributed by atoms with van der Waals surface area (Å²) in [6, 6.07) is 1.01. The van der Waals surface area contributed by atoms with E-state index in [0.29, 0.717) is 0 Å². The average molecular weight is 157 g/mol. The third-order valence-electron chi connectivity index (χ3n) is 2.48. The molecule has 3 heteroatoms. The highest BCUT2D eigenvalue weighted by atomic mass is 16.3. The Hall–Kier alpha value is -0.570. The summed E-state index contributed by atoms with van der Waals surface area (Å²) in [5.74, 6) is 0. The molecule has 2 fully saturated rings. The van der Waals surface area contributed by atoms with Gasteiger partial charge in [-0.15, -0.1) is 0 Å². The number of hydrogen-bond donors (Lipinski definition) is 1. The molecular formula is C8H15NO2. The maximum atomic E-state index is 8.36. The molecule has 64 valence electrons. The summed E-state index contributed by atoms with van der Waals surface area (Å²) in [7, 11) is 0. The molecule has 0 atom stereocenters. The molecule has 0 aromatic heterocycles. The van der Waals surface area contributed by atoms with Crippen LogP contribution < -0.4 is 0 Å². The fourth-order valence-electron chi connectivity index (χ4n) is 2.05. The molecule has 0 radical (unpaired) electrons. The SMILES string of the molecule is C1CC2CCCN2C1.O=CO. The minimum Gasteiger partial charge on any atom is -0.483 e. The summed E-state index contributed by atoms with van der Waals surface area (Å²) in [6.45, 7) is 2.54. The first-order chi connectivity index (χ1) is 5.38. The van der Waals surface area contributed by atoms with E-state index in [1.165, 1.54) is 38.8 Å². The van der Waals surface area contributed by atoms with E-state index in [4.69, 9.17) is 9.90 Å². The normalized spacial score (nSPS) is 24.0. The maximum Gasteiger partial charge on any atom is 0.290 e. The second-order valence-electron chi connectivity index (χ2n) is 3.08. The van der Waals surface area contributed by atoms with Crippen LogP contribution in [0.4, 0.5) is 0 Å². The molecule has 0 bridgehead atoms. The molecule has 2 aliphatic rings. The Balaban J connectivity index is 0.000000179. The van der Waals surface area contributed by atoms with Crippen molar-refractivity contribution < 1.29 is 9.90 Å². The minimum absolute atomic E-state index is 0.250. The zero-order chi connectivity index (χ0) is 8.10. The van der Waals surface area contributed by atoms with Gasteiger partial charge >= 0.3 is 0 Å². The van der Waals surface area contributed by atoms with Crippen LogP contribution in [0.1, 0.15) is 25.7 Å². The van der Waals surface area contributed by atoms with Crippen LogP contribution >= 0.6 is 0 Å². The lowest BCUT2D eigenvalue weighted by Gasteiger charge is -2.11. The Morgan fingerprint density at radius 3 is 2.09 bits per heavy atom. The number of hydrogen-bond acceptors (Lipinski definition) is 2. The molecule has 0 unspecified atom stereocenters. The van der Waals surface area contributed by atoms with Crippen molar-refractivity contribution in [1.29, 1.82) is 0 Å². The Kier molecular flexibility index (Phi) is 3.36. The number of fused-ring (bicyclic) bond motifs is 1. The van der Waals surface area contributed by atoms with Crippen molar-refractivity contribution in [1.82, 2.24) is 4.90 Å². The van der Waals surface area contributed by atoms with Crippen molar-refractivity contribution in [3.05, 3.63) is 0 Å². The zero-order valence-corrected chi connectivity index (χ0v) is 6.70. The van der Waals surface area contributed by atoms with Crippen molar-refractivity contribution in [2.75, 3.05) is 13.1 Å². The summed E-state index contributed by atoms with van der Waals surface area (Å²) >= 11 is 0. The van der Waals surface area contributed by atoms with Gasteiger partial charge in [0.1, 0.15) is 0 Å². The van der Waals surface area contributed by atoms with Gasteiger partial charge in [0.2, 0.25) is 0 Å². The number of nitrogens with zero attached hydrogens (tertiary/aromatic N) is 1. The van der Waals surface area contributed by atoms with Crippen molar-refractivity contribution in [2.45, 2.75) is 31.7 Å². The van der Waals surface area contributed by atoms with Crippen LogP contribution in [0.5, 0.6) is 0 Å². The first kappa shape index (κ1) is 8.53. The van der Waals surface area contributed by atoms with Gasteiger partial charge in [0.05, 0.1) is 0 Å². The fourth-order valence-corrected chi connectivity index (χ4v) is 2.05. The predicted octanol–water partition coefficient (Wildman–Crippen LogP) is 0.945. The molecule has 1 N–H and O–H groups in total. The predicted molar refractivity (Wildman–Crippen MR) is 42.5 cm³/mol. The third-order valence-corrected chi connectivity index (χ3v) is 2.48. The number of rotatable bonds is 0. The van der Waals surface area contributed by atoms with Crippen LogP contribution in [0.3, 0.4) is 0 Å². The first-order valence-electron chi connectivity index (χ1n) is 4.20. The van der Waals surface area contributed by atoms with Crippen LogP contribution in [-0.2, 0) is 4.79 Å². The summed E-state index contributed by atoms with van der Waals surface area (Å²) < 4.78 is 0. The van der Waals surface area contributed by atoms with E-state index in [2.05, 4.69) is 4.90 Å². The molecule has 2 saturated heterocycles. The monoisotopic (exact) mass is 157 g/mol. The highest BCUT2D eigenvalue weighted by molar-refractivity contribution is 5.32. The van der Waals surface area contributed by atoms with E-state index < -0.39 is 0 Å². The van der Waals surface area contributed by atoms with Crippen LogP contribution in [-0.4, -0.2) is 35.6 Å². The van der Waals surface area contributed by atoms with Gasteiger partial charge in [0, 0.05) is 6.04 Å². The van der Waals surface area contributed by atoms with Gasteiger partial charge in [-0.1, -0.05) is 0 Å². The third kappa shape index (κ3) is 2.19. The molecule has 0 aromatic rings. The van der Waals surface area contributed by atoms with Crippen LogP contribution in [0.25, 0.3) is 0 Å². The molecule has 0 spiro atoms. The van der Waals surface area contributed by atoms with Gasteiger partial charge in [-0.05, 0) is 38.8 Å². The Bertz CT molecular complexity index is 107. The molecule has 11 heavy (non-hydrogen) atoms. The summed E-state index contributed by atoms with van der Waals surface area (Å²) in [6.07, 6.45) is 5.90. The molecule has 0 aliphatic carbocycles. The molecule has 3 nitrogen and oxygen atoms in total. The van der Waals surface area contributed by atoms with Gasteiger partial charge in [-0.2, -0.15) is 0 Å². The van der Waals surface area contributed by atoms with Crippen molar-refractivity contribution in [3.63, 3.8) is 0 Å². The molecule has 0 aromatic carbocycles. The van der Waals surface area contributed by atoms with E-state index in [9.17, 15) is 0 Å². The standard InChI is InChI=1S/C7H13N.CH2O2/c1-3-7-4-2-6-8(7)5-1;2-1-3/h7H,1-6H2;1H,(H,2,3). The van der Waals surface area contributed by atoms with Crippen molar-refractivity contribution >= 4 is 6.47 Å². The van der Waals surface area contributed by atoms with E-state index >= 15 is 0 Å². The lowest BCUT2D eigenvalue weighted by atomic mass is 10.2. The second-order valence-corrected chi connectivity index (χ2v) is 3.08. The smallest absolute Gasteiger partial charge is 0.290 e. The second kappa shape index (κ2) is 4.34. The molecular weight excluding hydrogens is 142 g/mol. The van der Waals surface area contributed by atoms with Crippen molar-refractivity contribution in [2.24, 2.45) is 0 Å². The van der Waals surface area contributed by atoms with Gasteiger partial charge < -0.3 is 10.0 Å². The van der Waals surface area contributed by atoms with Crippen LogP contribution in [0, 0.1) is 0 Å². The minimum atomic E-state index is -0.250. The fraction of sp³-hybridized carbons (Fsp3) is 0.875. The van der Waals surface area contributed by atoms with E-state index in [1.54, 1.807) is 0 Å². The van der Waals surface area contributed by atoms with Gasteiger partial charge in [-0.25, -0.2) is 0 Å². The Morgan fingerprint density at radius 1 is 1.27 bits per heavy atom. The zero-order valence-electron chi connectivity index (χ0n) is 6.70. The molecule has 2 rings (SSSR count). The summed E-state index contributed by atoms with van der Waals surface area (Å²) in [5, 5.41) is 6.89. The van der Waals surface area contributed by atoms with Crippen LogP contribution in [0.15, 0.2) is 0 Å². The highest BCUT2D eigenvalue weighted by Crippen LogP contribution is 2.26. The lowest BCUT2D eigenvalue weighted by Crippen LogP contribution is -2.21. The van der Waals surface area contributed by atoms with Crippen LogP contribution in [0.2, 0.25) is 0 Å². The maximum absolute atomic E-state index is 8.36. The first-order valence-corrected chi connectivity index (χ1v) is 4.20. The summed E-state index contributed by atoms with van der Waals surface area (Å²) in [4.78, 5) is 11.0. The van der Waals surface area contributed by atoms with Gasteiger partial charge in [0.15, 0.2) is 0 Å². The van der Waals surface area contributed by atoms with E-state index in [1.807, 2.05) is 0 Å². The molecule has 2 heterocycles. The topological polar surface area (TPSA) is 40.5 Å². The lowest BCUT2D eigenvalue weighted by molar-refractivity contribution is -0.122.